The molecule has 0 aromatic carbocycles. The molecule has 64 valence electrons. The quantitative estimate of drug-likeness (QED) is 0.736. The van der Waals surface area contributed by atoms with Crippen molar-refractivity contribution < 1.29 is 0 Å². The molecule has 0 aliphatic rings. The fraction of sp³-hybridized carbons (Fsp3) is 0.300. The van der Waals surface area contributed by atoms with Crippen LogP contribution in [0.5, 0.6) is 0 Å². The van der Waals surface area contributed by atoms with E-state index >= 15 is 0 Å². The van der Waals surface area contributed by atoms with Crippen molar-refractivity contribution in [3.8, 4) is 0 Å². The van der Waals surface area contributed by atoms with Crippen LogP contribution in [-0.2, 0) is 0 Å². The molecule has 0 atom stereocenters. The summed E-state index contributed by atoms with van der Waals surface area (Å²) in [5.41, 5.74) is 7.87. The van der Waals surface area contributed by atoms with E-state index in [1.54, 1.807) is 6.20 Å². The first-order valence-corrected chi connectivity index (χ1v) is 4.10. The molecule has 1 aromatic heterocycles. The molecule has 1 rings (SSSR count). The van der Waals surface area contributed by atoms with Crippen molar-refractivity contribution in [3.05, 3.63) is 35.7 Å². The van der Waals surface area contributed by atoms with E-state index in [4.69, 9.17) is 5.73 Å². The summed E-state index contributed by atoms with van der Waals surface area (Å²) >= 11 is 0. The lowest BCUT2D eigenvalue weighted by Gasteiger charge is -1.97. The summed E-state index contributed by atoms with van der Waals surface area (Å²) in [6.45, 7) is 2.79. The highest BCUT2D eigenvalue weighted by atomic mass is 14.6. The third-order valence-electron chi connectivity index (χ3n) is 1.64. The number of aromatic nitrogens is 1. The van der Waals surface area contributed by atoms with Gasteiger partial charge < -0.3 is 5.73 Å². The van der Waals surface area contributed by atoms with Crippen molar-refractivity contribution in [2.24, 2.45) is 5.73 Å². The zero-order chi connectivity index (χ0) is 8.81. The fourth-order valence-corrected chi connectivity index (χ4v) is 1.05. The largest absolute Gasteiger partial charge is 0.330 e. The number of nitrogens with zero attached hydrogens (tertiary/aromatic N) is 1. The second-order valence-corrected chi connectivity index (χ2v) is 2.82. The van der Waals surface area contributed by atoms with E-state index in [0.29, 0.717) is 6.54 Å². The average Bonchev–Trinajstić information content (AvgIpc) is 2.06. The van der Waals surface area contributed by atoms with Gasteiger partial charge in [0.25, 0.3) is 0 Å². The van der Waals surface area contributed by atoms with E-state index in [2.05, 4.69) is 18.0 Å². The van der Waals surface area contributed by atoms with Gasteiger partial charge in [-0.1, -0.05) is 17.7 Å². The Morgan fingerprint density at radius 1 is 1.67 bits per heavy atom. The van der Waals surface area contributed by atoms with Gasteiger partial charge in [-0.05, 0) is 31.5 Å². The molecule has 0 radical (unpaired) electrons. The van der Waals surface area contributed by atoms with Gasteiger partial charge in [-0.3, -0.25) is 4.98 Å². The minimum atomic E-state index is 0.711. The number of nitrogens with two attached hydrogens (primary N) is 1. The van der Waals surface area contributed by atoms with E-state index in [-0.39, 0.29) is 0 Å². The van der Waals surface area contributed by atoms with Crippen LogP contribution in [0, 0.1) is 0 Å². The maximum Gasteiger partial charge on any atom is 0.0340 e. The van der Waals surface area contributed by atoms with Crippen molar-refractivity contribution in [2.75, 3.05) is 6.54 Å². The molecule has 0 aliphatic heterocycles. The molecule has 2 N–H and O–H groups in total. The van der Waals surface area contributed by atoms with Gasteiger partial charge >= 0.3 is 0 Å². The van der Waals surface area contributed by atoms with Gasteiger partial charge in [0.1, 0.15) is 0 Å². The minimum absolute atomic E-state index is 0.711. The number of hydrogen-bond acceptors (Lipinski definition) is 2. The predicted octanol–water partition coefficient (Wildman–Crippen LogP) is 1.83. The molecular weight excluding hydrogens is 148 g/mol. The summed E-state index contributed by atoms with van der Waals surface area (Å²) in [6, 6.07) is 3.97. The van der Waals surface area contributed by atoms with Crippen LogP contribution in [0.2, 0.25) is 0 Å². The summed E-state index contributed by atoms with van der Waals surface area (Å²) in [7, 11) is 0. The third kappa shape index (κ3) is 2.84. The first-order valence-electron chi connectivity index (χ1n) is 4.10. The Labute approximate surface area is 73.1 Å². The van der Waals surface area contributed by atoms with E-state index in [1.807, 2.05) is 18.3 Å². The Balaban J connectivity index is 2.67. The van der Waals surface area contributed by atoms with Crippen LogP contribution in [0.4, 0.5) is 0 Å². The zero-order valence-corrected chi connectivity index (χ0v) is 7.33. The highest BCUT2D eigenvalue weighted by Gasteiger charge is 1.89. The van der Waals surface area contributed by atoms with Gasteiger partial charge in [0.2, 0.25) is 0 Å². The van der Waals surface area contributed by atoms with Gasteiger partial charge in [-0.2, -0.15) is 0 Å². The van der Waals surface area contributed by atoms with E-state index in [1.165, 1.54) is 5.57 Å². The first-order chi connectivity index (χ1) is 5.83. The van der Waals surface area contributed by atoms with Crippen LogP contribution in [0.25, 0.3) is 6.08 Å². The predicted molar refractivity (Wildman–Crippen MR) is 51.6 cm³/mol. The monoisotopic (exact) mass is 162 g/mol. The minimum Gasteiger partial charge on any atom is -0.330 e. The van der Waals surface area contributed by atoms with Gasteiger partial charge in [0.15, 0.2) is 0 Å². The lowest BCUT2D eigenvalue weighted by Crippen LogP contribution is -1.98. The second kappa shape index (κ2) is 4.67. The van der Waals surface area contributed by atoms with Crippen LogP contribution in [-0.4, -0.2) is 11.5 Å². The molecule has 2 nitrogen and oxygen atoms in total. The standard InChI is InChI=1S/C10H14N2/c1-9(4-5-11)7-10-3-2-6-12-8-10/h2-3,6-8H,4-5,11H2,1H3/b9-7-. The van der Waals surface area contributed by atoms with Crippen LogP contribution in [0.3, 0.4) is 0 Å². The maximum atomic E-state index is 5.43. The van der Waals surface area contributed by atoms with Crippen molar-refractivity contribution in [3.63, 3.8) is 0 Å². The van der Waals surface area contributed by atoms with Crippen molar-refractivity contribution in [2.45, 2.75) is 13.3 Å². The van der Waals surface area contributed by atoms with Gasteiger partial charge in [-0.15, -0.1) is 0 Å². The highest BCUT2D eigenvalue weighted by molar-refractivity contribution is 5.50. The Kier molecular flexibility index (Phi) is 3.48. The van der Waals surface area contributed by atoms with Crippen molar-refractivity contribution >= 4 is 6.08 Å². The molecule has 0 fully saturated rings. The lowest BCUT2D eigenvalue weighted by molar-refractivity contribution is 0.957. The molecule has 0 bridgehead atoms. The summed E-state index contributed by atoms with van der Waals surface area (Å²) in [5.74, 6) is 0. The molecule has 0 aliphatic carbocycles. The summed E-state index contributed by atoms with van der Waals surface area (Å²) < 4.78 is 0. The molecule has 1 heterocycles. The van der Waals surface area contributed by atoms with E-state index < -0.39 is 0 Å². The molecule has 0 amide bonds. The Morgan fingerprint density at radius 3 is 3.08 bits per heavy atom. The molecule has 1 aromatic rings. The molecule has 0 saturated heterocycles. The molecule has 0 spiro atoms. The van der Waals surface area contributed by atoms with Gasteiger partial charge in [0.05, 0.1) is 0 Å². The lowest BCUT2D eigenvalue weighted by atomic mass is 10.1. The maximum absolute atomic E-state index is 5.43. The summed E-state index contributed by atoms with van der Waals surface area (Å²) in [4.78, 5) is 4.02. The molecule has 0 saturated carbocycles. The van der Waals surface area contributed by atoms with Gasteiger partial charge in [0, 0.05) is 12.4 Å². The van der Waals surface area contributed by atoms with Crippen molar-refractivity contribution in [1.82, 2.24) is 4.98 Å². The van der Waals surface area contributed by atoms with Crippen LogP contribution in [0.1, 0.15) is 18.9 Å². The Morgan fingerprint density at radius 2 is 2.50 bits per heavy atom. The second-order valence-electron chi connectivity index (χ2n) is 2.82. The number of hydrogen-bond donors (Lipinski definition) is 1. The third-order valence-corrected chi connectivity index (χ3v) is 1.64. The molecule has 0 unspecified atom stereocenters. The molecular formula is C10H14N2. The normalized spacial score (nSPS) is 11.7. The van der Waals surface area contributed by atoms with E-state index in [0.717, 1.165) is 12.0 Å². The first kappa shape index (κ1) is 8.94. The number of rotatable bonds is 3. The van der Waals surface area contributed by atoms with Crippen LogP contribution in [0.15, 0.2) is 30.1 Å². The van der Waals surface area contributed by atoms with Crippen LogP contribution < -0.4 is 5.73 Å². The zero-order valence-electron chi connectivity index (χ0n) is 7.33. The smallest absolute Gasteiger partial charge is 0.0340 e. The average molecular weight is 162 g/mol. The van der Waals surface area contributed by atoms with Gasteiger partial charge in [-0.25, -0.2) is 0 Å². The Hall–Kier alpha value is -1.15. The number of pyridine rings is 1. The Bertz CT molecular complexity index is 252. The van der Waals surface area contributed by atoms with Crippen LogP contribution >= 0.6 is 0 Å². The highest BCUT2D eigenvalue weighted by Crippen LogP contribution is 2.06. The SMILES string of the molecule is C/C(=C/c1cccnc1)CCN. The summed E-state index contributed by atoms with van der Waals surface area (Å²) in [5, 5.41) is 0. The van der Waals surface area contributed by atoms with E-state index in [9.17, 15) is 0 Å². The van der Waals surface area contributed by atoms with Crippen molar-refractivity contribution in [1.29, 1.82) is 0 Å². The fourth-order valence-electron chi connectivity index (χ4n) is 1.05. The molecule has 12 heavy (non-hydrogen) atoms. The molecule has 2 heteroatoms. The summed E-state index contributed by atoms with van der Waals surface area (Å²) in [6.07, 6.45) is 6.68. The topological polar surface area (TPSA) is 38.9 Å².